The molecule has 5 N–H and O–H groups in total. The molecule has 0 saturated heterocycles. The molecule has 5 aliphatic rings. The van der Waals surface area contributed by atoms with Crippen LogP contribution in [0.15, 0.2) is 17.2 Å². The third-order valence-electron chi connectivity index (χ3n) is 12.3. The molecule has 0 spiro atoms. The van der Waals surface area contributed by atoms with Crippen molar-refractivity contribution in [3.8, 4) is 0 Å². The molecule has 1 aliphatic heterocycles. The van der Waals surface area contributed by atoms with Gasteiger partial charge in [0.25, 0.3) is 0 Å². The summed E-state index contributed by atoms with van der Waals surface area (Å²) >= 11 is 0. The number of fused-ring (bicyclic) bond motifs is 5. The lowest BCUT2D eigenvalue weighted by molar-refractivity contribution is -0.256. The van der Waals surface area contributed by atoms with Crippen LogP contribution in [-0.2, 0) is 23.9 Å². The van der Waals surface area contributed by atoms with Crippen LogP contribution in [0.25, 0.3) is 0 Å². The maximum Gasteiger partial charge on any atom is 0.345 e. The third-order valence-corrected chi connectivity index (χ3v) is 12.3. The lowest BCUT2D eigenvalue weighted by Crippen LogP contribution is -2.68. The van der Waals surface area contributed by atoms with Crippen LogP contribution in [0.4, 0.5) is 0 Å². The molecule has 1 heterocycles. The molecule has 0 amide bonds. The molecule has 40 heavy (non-hydrogen) atoms. The molecule has 9 nitrogen and oxygen atoms in total. The summed E-state index contributed by atoms with van der Waals surface area (Å²) in [6.07, 6.45) is 5.45. The Morgan fingerprint density at radius 2 is 1.95 bits per heavy atom. The average Bonchev–Trinajstić information content (AvgIpc) is 3.47. The van der Waals surface area contributed by atoms with Crippen molar-refractivity contribution in [3.05, 3.63) is 17.2 Å². The minimum Gasteiger partial charge on any atom is -0.465 e. The summed E-state index contributed by atoms with van der Waals surface area (Å²) < 4.78 is 10.2. The molecule has 11 atom stereocenters. The molecule has 4 fully saturated rings. The number of carbonyl (C=O) groups is 2. The normalized spacial score (nSPS) is 44.8. The Bertz CT molecular complexity index is 1110. The average molecular weight is 560 g/mol. The molecule has 4 saturated carbocycles. The molecule has 0 aromatic carbocycles. The highest BCUT2D eigenvalue weighted by Gasteiger charge is 2.72. The van der Waals surface area contributed by atoms with Gasteiger partial charge in [-0.15, -0.1) is 0 Å². The van der Waals surface area contributed by atoms with Crippen LogP contribution in [0.3, 0.4) is 0 Å². The first-order chi connectivity index (χ1) is 19.0. The van der Waals surface area contributed by atoms with Gasteiger partial charge in [-0.3, -0.25) is 0 Å². The number of ether oxygens (including phenoxy) is 2. The van der Waals surface area contributed by atoms with E-state index in [1.165, 1.54) is 13.2 Å². The van der Waals surface area contributed by atoms with Gasteiger partial charge in [0, 0.05) is 17.4 Å². The van der Waals surface area contributed by atoms with E-state index in [9.17, 15) is 29.7 Å². The maximum absolute atomic E-state index is 12.8. The summed E-state index contributed by atoms with van der Waals surface area (Å²) in [5.41, 5.74) is 4.22. The summed E-state index contributed by atoms with van der Waals surface area (Å²) in [5, 5.41) is 35.6. The topological polar surface area (TPSA) is 156 Å². The van der Waals surface area contributed by atoms with E-state index in [1.54, 1.807) is 0 Å². The number of hydrogen-bond acceptors (Lipinski definition) is 9. The molecule has 0 aromatic heterocycles. The number of aliphatic hydroxyl groups excluding tert-OH is 2. The highest BCUT2D eigenvalue weighted by Crippen LogP contribution is 2.71. The van der Waals surface area contributed by atoms with Crippen LogP contribution in [-0.4, -0.2) is 71.3 Å². The summed E-state index contributed by atoms with van der Waals surface area (Å²) in [5.74, 6) is -0.200. The molecule has 0 aromatic rings. The number of nitrogens with two attached hydrogens (primary N) is 1. The molecular formula is C31H45NO8. The minimum atomic E-state index is -1.15. The highest BCUT2D eigenvalue weighted by atomic mass is 16.5. The molecule has 2 unspecified atom stereocenters. The first-order valence-electron chi connectivity index (χ1n) is 15.0. The molecule has 0 radical (unpaired) electrons. The van der Waals surface area contributed by atoms with Gasteiger partial charge in [0.15, 0.2) is 0 Å². The lowest BCUT2D eigenvalue weighted by Gasteiger charge is -2.67. The van der Waals surface area contributed by atoms with Gasteiger partial charge < -0.3 is 30.5 Å². The van der Waals surface area contributed by atoms with Crippen molar-refractivity contribution in [3.63, 3.8) is 0 Å². The Labute approximate surface area is 236 Å². The molecular weight excluding hydrogens is 514 g/mol. The second-order valence-corrected chi connectivity index (χ2v) is 13.5. The van der Waals surface area contributed by atoms with E-state index in [-0.39, 0.29) is 47.7 Å². The first kappa shape index (κ1) is 29.5. The van der Waals surface area contributed by atoms with E-state index in [0.717, 1.165) is 18.4 Å². The zero-order valence-corrected chi connectivity index (χ0v) is 23.9. The zero-order valence-electron chi connectivity index (χ0n) is 23.9. The van der Waals surface area contributed by atoms with Crippen LogP contribution in [0, 0.1) is 46.3 Å². The predicted molar refractivity (Wildman–Crippen MR) is 145 cm³/mol. The van der Waals surface area contributed by atoms with Crippen LogP contribution >= 0.6 is 0 Å². The first-order valence-corrected chi connectivity index (χ1v) is 15.0. The standard InChI is InChI=1S/C31H45NO8/c1-29-18(12-19(34)13-24(29)20(5-4-10-32)21(15-33)28(37)39-3)6-7-23-25(29)14-26(35)30(2)22(8-9-31(23,30)38)17-11-27(36)40-16-17/h11,18-20,22-26,34-35,38H,4-10,12-14,16,32H2,1-3H3/t18-,19+,20?,22-,23-,24?,25+,26-,29+,30+,31+/m1/s1. The van der Waals surface area contributed by atoms with Crippen LogP contribution < -0.4 is 5.73 Å². The van der Waals surface area contributed by atoms with Gasteiger partial charge in [0.05, 0.1) is 24.9 Å². The Kier molecular flexibility index (Phi) is 7.86. The fourth-order valence-corrected chi connectivity index (χ4v) is 10.4. The summed E-state index contributed by atoms with van der Waals surface area (Å²) in [6.45, 7) is 4.76. The zero-order chi connectivity index (χ0) is 29.0. The molecule has 9 heteroatoms. The summed E-state index contributed by atoms with van der Waals surface area (Å²) in [7, 11) is 1.25. The smallest absolute Gasteiger partial charge is 0.345 e. The summed E-state index contributed by atoms with van der Waals surface area (Å²) in [4.78, 5) is 36.8. The Morgan fingerprint density at radius 3 is 2.58 bits per heavy atom. The van der Waals surface area contributed by atoms with Crippen molar-refractivity contribution in [1.29, 1.82) is 0 Å². The van der Waals surface area contributed by atoms with Crippen molar-refractivity contribution in [1.82, 2.24) is 0 Å². The highest BCUT2D eigenvalue weighted by molar-refractivity contribution is 5.97. The SMILES string of the molecule is COC(=O)C(=C=O)C(CCCN)C1C[C@@H](O)C[C@H]2CC[C@@H]3[C@H](C[C@@H](O)[C@]4(C)[C@@H](C5=CC(=O)OC5)CC[C@]34O)[C@]12C. The number of cyclic esters (lactones) is 1. The monoisotopic (exact) mass is 559 g/mol. The van der Waals surface area contributed by atoms with Crippen molar-refractivity contribution in [2.24, 2.45) is 52.1 Å². The van der Waals surface area contributed by atoms with Crippen LogP contribution in [0.2, 0.25) is 0 Å². The van der Waals surface area contributed by atoms with E-state index in [1.807, 2.05) is 12.9 Å². The fraction of sp³-hybridized carbons (Fsp3) is 0.806. The van der Waals surface area contributed by atoms with Gasteiger partial charge in [-0.05, 0) is 105 Å². The van der Waals surface area contributed by atoms with E-state index >= 15 is 0 Å². The number of carbonyl (C=O) groups excluding carboxylic acids is 3. The number of methoxy groups -OCH3 is 1. The van der Waals surface area contributed by atoms with Crippen molar-refractivity contribution >= 4 is 17.9 Å². The minimum absolute atomic E-state index is 0.0455. The van der Waals surface area contributed by atoms with Crippen LogP contribution in [0.1, 0.15) is 71.6 Å². The Balaban J connectivity index is 1.57. The second kappa shape index (κ2) is 10.7. The van der Waals surface area contributed by atoms with Crippen molar-refractivity contribution < 1.29 is 39.2 Å². The molecule has 222 valence electrons. The van der Waals surface area contributed by atoms with Gasteiger partial charge in [0.1, 0.15) is 18.1 Å². The maximum atomic E-state index is 12.8. The van der Waals surface area contributed by atoms with Gasteiger partial charge in [-0.25, -0.2) is 14.4 Å². The van der Waals surface area contributed by atoms with Gasteiger partial charge in [-0.2, -0.15) is 0 Å². The predicted octanol–water partition coefficient (Wildman–Crippen LogP) is 2.09. The van der Waals surface area contributed by atoms with E-state index in [0.29, 0.717) is 51.5 Å². The number of esters is 2. The van der Waals surface area contributed by atoms with Gasteiger partial charge >= 0.3 is 11.9 Å². The summed E-state index contributed by atoms with van der Waals surface area (Å²) in [6, 6.07) is 0. The molecule has 0 bridgehead atoms. The van der Waals surface area contributed by atoms with E-state index in [4.69, 9.17) is 15.2 Å². The van der Waals surface area contributed by atoms with E-state index < -0.39 is 40.5 Å². The van der Waals surface area contributed by atoms with E-state index in [2.05, 4.69) is 6.92 Å². The van der Waals surface area contributed by atoms with Crippen molar-refractivity contribution in [2.75, 3.05) is 20.3 Å². The van der Waals surface area contributed by atoms with Crippen molar-refractivity contribution in [2.45, 2.75) is 89.4 Å². The number of rotatable bonds is 7. The Morgan fingerprint density at radius 1 is 1.20 bits per heavy atom. The Hall–Kier alpha value is -2.03. The quantitative estimate of drug-likeness (QED) is 0.208. The third kappa shape index (κ3) is 4.15. The molecule has 5 rings (SSSR count). The van der Waals surface area contributed by atoms with Crippen LogP contribution in [0.5, 0.6) is 0 Å². The largest absolute Gasteiger partial charge is 0.465 e. The second-order valence-electron chi connectivity index (χ2n) is 13.5. The van der Waals surface area contributed by atoms with Gasteiger partial charge in [-0.1, -0.05) is 13.8 Å². The number of hydrogen-bond donors (Lipinski definition) is 4. The van der Waals surface area contributed by atoms with Gasteiger partial charge in [0.2, 0.25) is 0 Å². The number of aliphatic hydroxyl groups is 3. The lowest BCUT2D eigenvalue weighted by atomic mass is 9.39. The fourth-order valence-electron chi connectivity index (χ4n) is 10.4. The molecule has 4 aliphatic carbocycles.